The Hall–Kier alpha value is -2.22. The second-order valence-electron chi connectivity index (χ2n) is 4.94. The maximum atomic E-state index is 11.0. The highest BCUT2D eigenvalue weighted by Gasteiger charge is 2.19. The molecule has 0 spiro atoms. The Kier molecular flexibility index (Phi) is 3.84. The number of hydrogen-bond acceptors (Lipinski definition) is 7. The molecule has 0 saturated heterocycles. The summed E-state index contributed by atoms with van der Waals surface area (Å²) in [4.78, 5) is 21.2. The number of carboxylic acids is 1. The number of carbonyl (C=O) groups excluding carboxylic acids is 1. The van der Waals surface area contributed by atoms with E-state index >= 15 is 0 Å². The third-order valence-corrected chi connectivity index (χ3v) is 5.61. The van der Waals surface area contributed by atoms with Crippen LogP contribution in [0.1, 0.15) is 5.69 Å². The van der Waals surface area contributed by atoms with Crippen LogP contribution in [0.15, 0.2) is 40.9 Å². The van der Waals surface area contributed by atoms with E-state index in [-0.39, 0.29) is 6.42 Å². The molecule has 0 aromatic carbocycles. The molecule has 4 aromatic rings. The lowest BCUT2D eigenvalue weighted by atomic mass is 10.2. The summed E-state index contributed by atoms with van der Waals surface area (Å²) < 4.78 is 7.46. The van der Waals surface area contributed by atoms with Crippen LogP contribution in [0.4, 0.5) is 0 Å². The van der Waals surface area contributed by atoms with Gasteiger partial charge < -0.3 is 14.3 Å². The van der Waals surface area contributed by atoms with E-state index in [4.69, 9.17) is 16.0 Å². The average molecular weight is 376 g/mol. The minimum Gasteiger partial charge on any atom is -0.550 e. The van der Waals surface area contributed by atoms with Crippen molar-refractivity contribution in [3.63, 3.8) is 0 Å². The highest BCUT2D eigenvalue weighted by atomic mass is 35.5. The van der Waals surface area contributed by atoms with Crippen LogP contribution < -0.4 is 5.11 Å². The van der Waals surface area contributed by atoms with Crippen LogP contribution in [0.3, 0.4) is 0 Å². The predicted molar refractivity (Wildman–Crippen MR) is 92.2 cm³/mol. The number of carbonyl (C=O) groups is 1. The number of halogens is 1. The van der Waals surface area contributed by atoms with Gasteiger partial charge in [-0.1, -0.05) is 11.6 Å². The molecule has 0 saturated carbocycles. The number of hydrogen-bond donors (Lipinski definition) is 0. The van der Waals surface area contributed by atoms with Gasteiger partial charge in [0.15, 0.2) is 5.76 Å². The highest BCUT2D eigenvalue weighted by molar-refractivity contribution is 7.22. The Morgan fingerprint density at radius 2 is 2.12 bits per heavy atom. The second-order valence-corrected chi connectivity index (χ2v) is 7.74. The van der Waals surface area contributed by atoms with Gasteiger partial charge in [0.2, 0.25) is 5.89 Å². The molecule has 0 radical (unpaired) electrons. The number of nitrogens with zero attached hydrogens (tertiary/aromatic N) is 2. The number of rotatable bonds is 4. The molecule has 5 nitrogen and oxygen atoms in total. The molecule has 24 heavy (non-hydrogen) atoms. The molecule has 120 valence electrons. The molecule has 0 unspecified atom stereocenters. The summed E-state index contributed by atoms with van der Waals surface area (Å²) in [5.74, 6) is -0.429. The zero-order valence-corrected chi connectivity index (χ0v) is 14.4. The number of aliphatic carboxylic acids is 1. The molecule has 0 aliphatic carbocycles. The first-order chi connectivity index (χ1) is 11.6. The van der Waals surface area contributed by atoms with E-state index in [2.05, 4.69) is 9.97 Å². The fraction of sp³-hybridized carbons (Fsp3) is 0.0625. The van der Waals surface area contributed by atoms with E-state index in [0.29, 0.717) is 21.7 Å². The summed E-state index contributed by atoms with van der Waals surface area (Å²) in [6.45, 7) is 0. The molecule has 0 fully saturated rings. The number of fused-ring (bicyclic) bond motifs is 1. The molecule has 0 N–H and O–H groups in total. The van der Waals surface area contributed by atoms with Gasteiger partial charge >= 0.3 is 0 Å². The molecule has 8 heteroatoms. The maximum absolute atomic E-state index is 11.0. The summed E-state index contributed by atoms with van der Waals surface area (Å²) in [5.41, 5.74) is 1.17. The van der Waals surface area contributed by atoms with E-state index in [1.807, 2.05) is 18.2 Å². The fourth-order valence-electron chi connectivity index (χ4n) is 2.32. The summed E-state index contributed by atoms with van der Waals surface area (Å²) in [6, 6.07) is 9.21. The molecular formula is C16H8ClN2O3S2-. The van der Waals surface area contributed by atoms with Gasteiger partial charge in [0.25, 0.3) is 0 Å². The van der Waals surface area contributed by atoms with Crippen molar-refractivity contribution < 1.29 is 14.3 Å². The van der Waals surface area contributed by atoms with Crippen LogP contribution in [0.2, 0.25) is 4.34 Å². The van der Waals surface area contributed by atoms with Gasteiger partial charge in [-0.2, -0.15) is 0 Å². The second kappa shape index (κ2) is 6.01. The average Bonchev–Trinajstić information content (AvgIpc) is 3.23. The van der Waals surface area contributed by atoms with Gasteiger partial charge in [0.05, 0.1) is 30.0 Å². The van der Waals surface area contributed by atoms with Crippen LogP contribution in [-0.2, 0) is 11.2 Å². The first-order valence-corrected chi connectivity index (χ1v) is 8.91. The molecule has 4 rings (SSSR count). The van der Waals surface area contributed by atoms with Gasteiger partial charge in [-0.25, -0.2) is 4.98 Å². The normalized spacial score (nSPS) is 11.2. The lowest BCUT2D eigenvalue weighted by Gasteiger charge is -1.99. The van der Waals surface area contributed by atoms with Crippen LogP contribution in [0.5, 0.6) is 0 Å². The topological polar surface area (TPSA) is 79.0 Å². The number of aromatic nitrogens is 2. The van der Waals surface area contributed by atoms with Crippen molar-refractivity contribution in [2.75, 3.05) is 0 Å². The van der Waals surface area contributed by atoms with Gasteiger partial charge in [0.1, 0.15) is 0 Å². The van der Waals surface area contributed by atoms with Crippen molar-refractivity contribution >= 4 is 50.5 Å². The van der Waals surface area contributed by atoms with Crippen molar-refractivity contribution in [2.24, 2.45) is 0 Å². The van der Waals surface area contributed by atoms with Gasteiger partial charge in [0, 0.05) is 18.6 Å². The Morgan fingerprint density at radius 3 is 2.83 bits per heavy atom. The maximum Gasteiger partial charge on any atom is 0.237 e. The SMILES string of the molecule is O=C([O-])Cc1nc(-c2cc3ncccc3s2)oc1-c1ccc(Cl)s1. The molecule has 0 aliphatic rings. The van der Waals surface area contributed by atoms with Crippen LogP contribution in [0, 0.1) is 0 Å². The molecule has 0 amide bonds. The molecule has 0 aliphatic heterocycles. The molecular weight excluding hydrogens is 368 g/mol. The number of pyridine rings is 1. The van der Waals surface area contributed by atoms with Gasteiger partial charge in [-0.3, -0.25) is 4.98 Å². The Labute approximate surface area is 149 Å². The summed E-state index contributed by atoms with van der Waals surface area (Å²) in [7, 11) is 0. The molecule has 0 atom stereocenters. The lowest BCUT2D eigenvalue weighted by molar-refractivity contribution is -0.304. The highest BCUT2D eigenvalue weighted by Crippen LogP contribution is 2.38. The van der Waals surface area contributed by atoms with E-state index in [9.17, 15) is 9.90 Å². The van der Waals surface area contributed by atoms with E-state index in [1.165, 1.54) is 22.7 Å². The van der Waals surface area contributed by atoms with Crippen molar-refractivity contribution in [1.82, 2.24) is 9.97 Å². The number of thiophene rings is 2. The monoisotopic (exact) mass is 375 g/mol. The first-order valence-electron chi connectivity index (χ1n) is 6.90. The summed E-state index contributed by atoms with van der Waals surface area (Å²) >= 11 is 8.76. The van der Waals surface area contributed by atoms with E-state index < -0.39 is 5.97 Å². The van der Waals surface area contributed by atoms with Crippen LogP contribution in [0.25, 0.3) is 31.6 Å². The predicted octanol–water partition coefficient (Wildman–Crippen LogP) is 3.63. The van der Waals surface area contributed by atoms with Crippen LogP contribution in [-0.4, -0.2) is 15.9 Å². The van der Waals surface area contributed by atoms with Gasteiger partial charge in [-0.05, 0) is 30.3 Å². The third kappa shape index (κ3) is 2.82. The van der Waals surface area contributed by atoms with E-state index in [0.717, 1.165) is 20.0 Å². The van der Waals surface area contributed by atoms with E-state index in [1.54, 1.807) is 18.3 Å². The smallest absolute Gasteiger partial charge is 0.237 e. The Balaban J connectivity index is 1.84. The quantitative estimate of drug-likeness (QED) is 0.544. The van der Waals surface area contributed by atoms with Gasteiger partial charge in [-0.15, -0.1) is 22.7 Å². The summed E-state index contributed by atoms with van der Waals surface area (Å²) in [5, 5.41) is 11.0. The Bertz CT molecular complexity index is 1020. The Morgan fingerprint density at radius 1 is 1.25 bits per heavy atom. The third-order valence-electron chi connectivity index (χ3n) is 3.30. The van der Waals surface area contributed by atoms with Crippen LogP contribution >= 0.6 is 34.3 Å². The molecule has 4 aromatic heterocycles. The minimum atomic E-state index is -1.21. The zero-order valence-electron chi connectivity index (χ0n) is 12.0. The lowest BCUT2D eigenvalue weighted by Crippen LogP contribution is -2.24. The number of oxazole rings is 1. The fourth-order valence-corrected chi connectivity index (χ4v) is 4.31. The van der Waals surface area contributed by atoms with Crippen molar-refractivity contribution in [1.29, 1.82) is 0 Å². The molecule has 4 heterocycles. The van der Waals surface area contributed by atoms with Crippen molar-refractivity contribution in [2.45, 2.75) is 6.42 Å². The largest absolute Gasteiger partial charge is 0.550 e. The van der Waals surface area contributed by atoms with Crippen molar-refractivity contribution in [3.05, 3.63) is 46.6 Å². The van der Waals surface area contributed by atoms with Crippen molar-refractivity contribution in [3.8, 4) is 21.4 Å². The summed E-state index contributed by atoms with van der Waals surface area (Å²) in [6.07, 6.45) is 1.40. The zero-order chi connectivity index (χ0) is 16.7. The first kappa shape index (κ1) is 15.3. The standard InChI is InChI=1S/C16H9ClN2O3S2/c17-13-4-3-11(24-13)15-9(7-14(20)21)19-16(22-15)12-6-8-10(23-12)2-1-5-18-8/h1-6H,7H2,(H,20,21)/p-1. The minimum absolute atomic E-state index is 0.322. The number of carboxylic acid groups (broad SMARTS) is 1. The molecule has 0 bridgehead atoms.